The SMILES string of the molecule is CCCCCCc1cc(-c2sc(-c3sc(-c4sc(-c5sc(-c6ccc7c(c6)CCc6ccccc6N7CC)cc5CCCCCC)cc4CCCCCC)cc3CCCCCC)cc2CCCCCC)sc1/C=c1/s/c(=C2/SC(=S)N(CC)C2=O)n(COC=O)c1=O. The number of benzene rings is 2. The Morgan fingerprint density at radius 3 is 1.41 bits per heavy atom. The molecule has 1 fully saturated rings. The second kappa shape index (κ2) is 34.8. The number of thiocarbonyl (C=S) groups is 1. The number of unbranched alkanes of at least 4 members (excludes halogenated alkanes) is 15. The molecule has 2 aliphatic rings. The smallest absolute Gasteiger partial charge is 0.294 e. The van der Waals surface area contributed by atoms with Crippen molar-refractivity contribution in [3.63, 3.8) is 0 Å². The van der Waals surface area contributed by atoms with Crippen LogP contribution in [-0.4, -0.2) is 39.3 Å². The maximum atomic E-state index is 14.5. The summed E-state index contributed by atoms with van der Waals surface area (Å²) in [5, 5.41) is 0. The molecule has 8 aromatic rings. The number of fused-ring (bicyclic) bond motifs is 2. The summed E-state index contributed by atoms with van der Waals surface area (Å²) in [6.07, 6.45) is 33.4. The normalized spacial score (nSPS) is 14.1. The molecule has 6 aromatic heterocycles. The van der Waals surface area contributed by atoms with Gasteiger partial charge in [-0.2, -0.15) is 0 Å². The molecule has 15 heteroatoms. The Bertz CT molecular complexity index is 3970. The number of thiophene rings is 5. The van der Waals surface area contributed by atoms with Crippen LogP contribution >= 0.6 is 92.0 Å². The summed E-state index contributed by atoms with van der Waals surface area (Å²) in [5.74, 6) is -0.225. The van der Waals surface area contributed by atoms with E-state index in [1.807, 2.05) is 47.0 Å². The second-order valence-corrected chi connectivity index (χ2v) is 32.9. The highest BCUT2D eigenvalue weighted by Crippen LogP contribution is 2.52. The fourth-order valence-electron chi connectivity index (χ4n) is 13.1. The van der Waals surface area contributed by atoms with Gasteiger partial charge in [0.2, 0.25) is 0 Å². The van der Waals surface area contributed by atoms with Gasteiger partial charge in [-0.25, -0.2) is 0 Å². The van der Waals surface area contributed by atoms with E-state index in [4.69, 9.17) is 17.0 Å². The number of amides is 1. The number of carbonyl (C=O) groups is 2. The number of ether oxygens (including phenoxy) is 1. The molecule has 0 spiro atoms. The minimum Gasteiger partial charge on any atom is -0.446 e. The number of anilines is 2. The highest BCUT2D eigenvalue weighted by molar-refractivity contribution is 8.30. The Labute approximate surface area is 582 Å². The number of hydrogen-bond donors (Lipinski definition) is 0. The summed E-state index contributed by atoms with van der Waals surface area (Å²) in [6, 6.07) is 29.2. The van der Waals surface area contributed by atoms with Crippen LogP contribution < -0.4 is 19.7 Å². The monoisotopic (exact) mass is 1380 g/mol. The van der Waals surface area contributed by atoms with Crippen molar-refractivity contribution < 1.29 is 14.3 Å². The van der Waals surface area contributed by atoms with Crippen molar-refractivity contribution in [2.45, 2.75) is 229 Å². The Balaban J connectivity index is 1.07. The molecule has 1 saturated heterocycles. The van der Waals surface area contributed by atoms with Gasteiger partial charge in [0, 0.05) is 73.2 Å². The van der Waals surface area contributed by atoms with Gasteiger partial charge in [0.15, 0.2) is 6.73 Å². The average Bonchev–Trinajstić information content (AvgIpc) is 1.71. The second-order valence-electron chi connectivity index (χ2n) is 24.9. The molecule has 0 radical (unpaired) electrons. The first-order chi connectivity index (χ1) is 45.0. The first kappa shape index (κ1) is 70.1. The summed E-state index contributed by atoms with van der Waals surface area (Å²) in [4.78, 5) is 57.9. The van der Waals surface area contributed by atoms with Crippen molar-refractivity contribution in [3.8, 4) is 49.5 Å². The molecule has 0 N–H and O–H groups in total. The van der Waals surface area contributed by atoms with Crippen LogP contribution in [0, 0.1) is 0 Å². The van der Waals surface area contributed by atoms with E-state index in [1.165, 1.54) is 230 Å². The number of carbonyl (C=O) groups excluding carboxylic acids is 2. The van der Waals surface area contributed by atoms with Gasteiger partial charge in [0.1, 0.15) is 13.9 Å². The van der Waals surface area contributed by atoms with Crippen molar-refractivity contribution in [2.24, 2.45) is 0 Å². The van der Waals surface area contributed by atoms with Crippen LogP contribution in [0.3, 0.4) is 0 Å². The molecule has 490 valence electrons. The highest BCUT2D eigenvalue weighted by atomic mass is 32.2. The van der Waals surface area contributed by atoms with Crippen molar-refractivity contribution in [1.82, 2.24) is 9.47 Å². The quantitative estimate of drug-likeness (QED) is 0.0220. The van der Waals surface area contributed by atoms with Crippen molar-refractivity contribution in [3.05, 3.63) is 136 Å². The van der Waals surface area contributed by atoms with Gasteiger partial charge >= 0.3 is 0 Å². The molecule has 1 amide bonds. The molecule has 2 aliphatic heterocycles. The van der Waals surface area contributed by atoms with Crippen molar-refractivity contribution in [1.29, 1.82) is 0 Å². The van der Waals surface area contributed by atoms with Crippen LogP contribution in [-0.2, 0) is 66.0 Å². The summed E-state index contributed by atoms with van der Waals surface area (Å²) in [6.45, 7) is 17.1. The number of aryl methyl sites for hydroxylation is 7. The van der Waals surface area contributed by atoms with Crippen LogP contribution in [0.25, 0.3) is 60.4 Å². The fourth-order valence-corrected chi connectivity index (χ4v) is 22.3. The lowest BCUT2D eigenvalue weighted by molar-refractivity contribution is -0.132. The van der Waals surface area contributed by atoms with E-state index in [0.29, 0.717) is 31.4 Å². The van der Waals surface area contributed by atoms with Gasteiger partial charge in [-0.1, -0.05) is 179 Å². The molecule has 0 unspecified atom stereocenters. The average molecular weight is 1380 g/mol. The van der Waals surface area contributed by atoms with Crippen LogP contribution in [0.1, 0.15) is 221 Å². The zero-order valence-electron chi connectivity index (χ0n) is 55.5. The van der Waals surface area contributed by atoms with E-state index in [0.717, 1.165) is 82.1 Å². The summed E-state index contributed by atoms with van der Waals surface area (Å²) in [7, 11) is 0. The standard InChI is InChI=1S/C77H95N3O4S8/c1-8-15-20-25-33-54-44-64(86-63(54)49-68-74(82)80(50-84-51-81)76(91-68)73-75(83)79(14-7)77(85)92-73)69-57(35-27-22-17-10-3)46-66(88-69)71-59(37-29-24-19-12-5)48-67(90-71)72-58(36-28-23-18-11-4)47-65(89-72)70-56(34-26-21-16-9-2)45-62(87-70)55-41-42-61-53(43-55)40-39-52-32-30-31-38-60(52)78(61)13-6/h30-32,38,41-49,51H,8-29,33-37,39-40,50H2,1-7H3/b68-49+,76-73+. The first-order valence-corrected chi connectivity index (χ1v) is 40.8. The number of para-hydroxylation sites is 1. The number of hydrogen-bond acceptors (Lipinski definition) is 13. The zero-order valence-corrected chi connectivity index (χ0v) is 62.1. The minimum atomic E-state index is -0.281. The number of aromatic nitrogens is 1. The maximum Gasteiger partial charge on any atom is 0.294 e. The third kappa shape index (κ3) is 16.7. The number of thiazole rings is 1. The van der Waals surface area contributed by atoms with Crippen molar-refractivity contribution >= 4 is 131 Å². The van der Waals surface area contributed by atoms with Crippen LogP contribution in [0.15, 0.2) is 77.6 Å². The fraction of sp³-hybridized carbons (Fsp3) is 0.481. The van der Waals surface area contributed by atoms with E-state index in [-0.39, 0.29) is 18.2 Å². The van der Waals surface area contributed by atoms with E-state index in [1.54, 1.807) is 16.2 Å². The van der Waals surface area contributed by atoms with Gasteiger partial charge in [-0.3, -0.25) is 23.9 Å². The summed E-state index contributed by atoms with van der Waals surface area (Å²) in [5.41, 5.74) is 13.8. The maximum absolute atomic E-state index is 14.5. The predicted octanol–water partition coefficient (Wildman–Crippen LogP) is 22.4. The number of nitrogens with zero attached hydrogens (tertiary/aromatic N) is 3. The molecule has 7 nitrogen and oxygen atoms in total. The Morgan fingerprint density at radius 1 is 0.478 bits per heavy atom. The van der Waals surface area contributed by atoms with E-state index >= 15 is 0 Å². The Hall–Kier alpha value is -4.71. The van der Waals surface area contributed by atoms with Gasteiger partial charge < -0.3 is 9.64 Å². The van der Waals surface area contributed by atoms with Crippen LogP contribution in [0.4, 0.5) is 11.4 Å². The topological polar surface area (TPSA) is 71.8 Å². The lowest BCUT2D eigenvalue weighted by Gasteiger charge is -2.25. The predicted molar refractivity (Wildman–Crippen MR) is 408 cm³/mol. The van der Waals surface area contributed by atoms with Crippen molar-refractivity contribution in [2.75, 3.05) is 18.0 Å². The van der Waals surface area contributed by atoms with E-state index in [2.05, 4.69) is 131 Å². The van der Waals surface area contributed by atoms with E-state index in [9.17, 15) is 14.4 Å². The number of thioether (sulfide) groups is 1. The van der Waals surface area contributed by atoms with Crippen LogP contribution in [0.5, 0.6) is 0 Å². The molecular formula is C77H95N3O4S8. The lowest BCUT2D eigenvalue weighted by atomic mass is 10.0. The minimum absolute atomic E-state index is 0.225. The first-order valence-electron chi connectivity index (χ1n) is 34.7. The Kier molecular flexibility index (Phi) is 26.5. The zero-order chi connectivity index (χ0) is 64.5. The molecular weight excluding hydrogens is 1290 g/mol. The molecule has 0 aliphatic carbocycles. The van der Waals surface area contributed by atoms with Gasteiger partial charge in [-0.15, -0.1) is 68.0 Å². The molecule has 8 heterocycles. The molecule has 2 aromatic carbocycles. The Morgan fingerprint density at radius 2 is 0.924 bits per heavy atom. The molecule has 0 atom stereocenters. The highest BCUT2D eigenvalue weighted by Gasteiger charge is 2.33. The molecule has 0 saturated carbocycles. The summed E-state index contributed by atoms with van der Waals surface area (Å²) >= 11 is 18.0. The van der Waals surface area contributed by atoms with Gasteiger partial charge in [-0.05, 0) is 190 Å². The number of rotatable bonds is 36. The third-order valence-corrected chi connectivity index (χ3v) is 27.5. The van der Waals surface area contributed by atoms with E-state index < -0.39 is 0 Å². The summed E-state index contributed by atoms with van der Waals surface area (Å²) < 4.78 is 8.08. The lowest BCUT2D eigenvalue weighted by Crippen LogP contribution is -2.34. The van der Waals surface area contributed by atoms with Gasteiger partial charge in [0.25, 0.3) is 17.9 Å². The molecule has 92 heavy (non-hydrogen) atoms. The largest absolute Gasteiger partial charge is 0.446 e. The molecule has 10 rings (SSSR count). The third-order valence-electron chi connectivity index (χ3n) is 18.2. The van der Waals surface area contributed by atoms with Gasteiger partial charge in [0.05, 0.1) is 4.53 Å². The molecule has 0 bridgehead atoms. The van der Waals surface area contributed by atoms with Crippen LogP contribution in [0.2, 0.25) is 0 Å².